The molecule has 4 rings (SSSR count). The second kappa shape index (κ2) is 5.76. The second-order valence-corrected chi connectivity index (χ2v) is 6.09. The number of para-hydroxylation sites is 1. The second-order valence-electron chi connectivity index (χ2n) is 5.68. The quantitative estimate of drug-likeness (QED) is 0.563. The summed E-state index contributed by atoms with van der Waals surface area (Å²) in [7, 11) is 0. The van der Waals surface area contributed by atoms with Crippen molar-refractivity contribution in [2.75, 3.05) is 0 Å². The van der Waals surface area contributed by atoms with Crippen LogP contribution in [-0.4, -0.2) is 21.6 Å². The van der Waals surface area contributed by atoms with Crippen molar-refractivity contribution in [3.05, 3.63) is 83.0 Å². The molecule has 0 unspecified atom stereocenters. The predicted molar refractivity (Wildman–Crippen MR) is 97.6 cm³/mol. The van der Waals surface area contributed by atoms with E-state index in [1.54, 1.807) is 48.5 Å². The number of aromatic carboxylic acids is 1. The third-order valence-electron chi connectivity index (χ3n) is 4.26. The Morgan fingerprint density at radius 1 is 0.800 bits per heavy atom. The minimum atomic E-state index is -1.07. The third kappa shape index (κ3) is 2.39. The van der Waals surface area contributed by atoms with Gasteiger partial charge in [-0.3, -0.25) is 9.36 Å². The van der Waals surface area contributed by atoms with Crippen molar-refractivity contribution < 1.29 is 14.7 Å². The van der Waals surface area contributed by atoms with E-state index in [0.717, 1.165) is 10.8 Å². The average molecular weight is 350 g/mol. The van der Waals surface area contributed by atoms with E-state index in [1.807, 2.05) is 12.1 Å². The number of carboxylic acids is 1. The third-order valence-corrected chi connectivity index (χ3v) is 4.59. The van der Waals surface area contributed by atoms with Crippen LogP contribution in [0.3, 0.4) is 0 Å². The lowest BCUT2D eigenvalue weighted by Crippen LogP contribution is -2.11. The van der Waals surface area contributed by atoms with Crippen LogP contribution in [0.4, 0.5) is 0 Å². The van der Waals surface area contributed by atoms with E-state index in [0.29, 0.717) is 21.5 Å². The number of fused-ring (bicyclic) bond motifs is 2. The number of halogens is 1. The highest BCUT2D eigenvalue weighted by atomic mass is 35.5. The van der Waals surface area contributed by atoms with Crippen molar-refractivity contribution in [3.8, 4) is 0 Å². The number of carbonyl (C=O) groups excluding carboxylic acids is 1. The van der Waals surface area contributed by atoms with Gasteiger partial charge in [0.05, 0.1) is 11.1 Å². The van der Waals surface area contributed by atoms with Crippen molar-refractivity contribution >= 4 is 45.2 Å². The Balaban J connectivity index is 1.98. The number of aromatic nitrogens is 1. The largest absolute Gasteiger partial charge is 0.478 e. The van der Waals surface area contributed by atoms with E-state index in [-0.39, 0.29) is 11.5 Å². The fourth-order valence-corrected chi connectivity index (χ4v) is 3.34. The minimum Gasteiger partial charge on any atom is -0.478 e. The van der Waals surface area contributed by atoms with Gasteiger partial charge >= 0.3 is 5.97 Å². The molecule has 0 bridgehead atoms. The summed E-state index contributed by atoms with van der Waals surface area (Å²) in [5.41, 5.74) is 1.13. The lowest BCUT2D eigenvalue weighted by molar-refractivity contribution is 0.0699. The van der Waals surface area contributed by atoms with Crippen LogP contribution >= 0.6 is 11.6 Å². The van der Waals surface area contributed by atoms with Crippen molar-refractivity contribution in [1.29, 1.82) is 0 Å². The van der Waals surface area contributed by atoms with Gasteiger partial charge in [-0.05, 0) is 23.6 Å². The molecule has 0 aliphatic rings. The van der Waals surface area contributed by atoms with Crippen LogP contribution in [0.25, 0.3) is 21.7 Å². The normalized spacial score (nSPS) is 11.1. The fourth-order valence-electron chi connectivity index (χ4n) is 3.11. The molecule has 1 heterocycles. The van der Waals surface area contributed by atoms with E-state index >= 15 is 0 Å². The molecule has 0 spiro atoms. The van der Waals surface area contributed by atoms with Gasteiger partial charge in [0.25, 0.3) is 5.91 Å². The Morgan fingerprint density at radius 3 is 2.28 bits per heavy atom. The molecule has 0 saturated carbocycles. The first kappa shape index (κ1) is 15.4. The monoisotopic (exact) mass is 349 g/mol. The molecule has 5 heteroatoms. The number of nitrogens with zero attached hydrogens (tertiary/aromatic N) is 1. The van der Waals surface area contributed by atoms with Gasteiger partial charge in [-0.25, -0.2) is 4.79 Å². The summed E-state index contributed by atoms with van der Waals surface area (Å²) < 4.78 is 1.38. The fraction of sp³-hybridized carbons (Fsp3) is 0. The number of benzene rings is 3. The molecule has 0 aliphatic heterocycles. The number of carbonyl (C=O) groups is 2. The number of rotatable bonds is 2. The first-order valence-electron chi connectivity index (χ1n) is 7.63. The standard InChI is InChI=1S/C20H12ClNO3/c21-17-9-4-6-12-13(17)7-3-8-15(12)19(23)22-11-16(20(24)25)14-5-1-2-10-18(14)22/h1-11H,(H,24,25). The zero-order valence-electron chi connectivity index (χ0n) is 12.9. The zero-order chi connectivity index (χ0) is 17.6. The Kier molecular flexibility index (Phi) is 3.55. The van der Waals surface area contributed by atoms with Crippen LogP contribution < -0.4 is 0 Å². The maximum Gasteiger partial charge on any atom is 0.337 e. The van der Waals surface area contributed by atoms with Gasteiger partial charge in [0.1, 0.15) is 0 Å². The molecule has 0 aliphatic carbocycles. The van der Waals surface area contributed by atoms with E-state index in [2.05, 4.69) is 0 Å². The first-order chi connectivity index (χ1) is 12.1. The van der Waals surface area contributed by atoms with Gasteiger partial charge in [0.2, 0.25) is 0 Å². The van der Waals surface area contributed by atoms with Crippen LogP contribution in [0.15, 0.2) is 66.9 Å². The summed E-state index contributed by atoms with van der Waals surface area (Å²) >= 11 is 6.22. The van der Waals surface area contributed by atoms with Gasteiger partial charge in [0, 0.05) is 27.6 Å². The summed E-state index contributed by atoms with van der Waals surface area (Å²) in [5.74, 6) is -1.36. The maximum atomic E-state index is 13.1. The smallest absolute Gasteiger partial charge is 0.337 e. The van der Waals surface area contributed by atoms with E-state index in [9.17, 15) is 14.7 Å². The lowest BCUT2D eigenvalue weighted by atomic mass is 10.0. The summed E-state index contributed by atoms with van der Waals surface area (Å²) in [5, 5.41) is 12.0. The van der Waals surface area contributed by atoms with Crippen LogP contribution in [0, 0.1) is 0 Å². The maximum absolute atomic E-state index is 13.1. The molecule has 0 amide bonds. The van der Waals surface area contributed by atoms with E-state index in [4.69, 9.17) is 11.6 Å². The highest BCUT2D eigenvalue weighted by molar-refractivity contribution is 6.36. The van der Waals surface area contributed by atoms with Crippen molar-refractivity contribution in [2.24, 2.45) is 0 Å². The Labute approximate surface area is 147 Å². The molecular weight excluding hydrogens is 338 g/mol. The van der Waals surface area contributed by atoms with Crippen molar-refractivity contribution in [1.82, 2.24) is 4.57 Å². The van der Waals surface area contributed by atoms with E-state index < -0.39 is 5.97 Å². The average Bonchev–Trinajstić information content (AvgIpc) is 3.01. The molecule has 4 nitrogen and oxygen atoms in total. The molecule has 3 aromatic carbocycles. The van der Waals surface area contributed by atoms with Gasteiger partial charge in [-0.15, -0.1) is 0 Å². The van der Waals surface area contributed by atoms with Crippen molar-refractivity contribution in [3.63, 3.8) is 0 Å². The lowest BCUT2D eigenvalue weighted by Gasteiger charge is -2.08. The van der Waals surface area contributed by atoms with Gasteiger partial charge < -0.3 is 5.11 Å². The molecule has 4 aromatic rings. The summed E-state index contributed by atoms with van der Waals surface area (Å²) in [4.78, 5) is 24.7. The molecule has 0 saturated heterocycles. The molecule has 25 heavy (non-hydrogen) atoms. The minimum absolute atomic E-state index is 0.0993. The Morgan fingerprint density at radius 2 is 1.48 bits per heavy atom. The molecular formula is C20H12ClNO3. The summed E-state index contributed by atoms with van der Waals surface area (Å²) in [6.07, 6.45) is 1.37. The topological polar surface area (TPSA) is 59.3 Å². The van der Waals surface area contributed by atoms with Crippen LogP contribution in [0.5, 0.6) is 0 Å². The van der Waals surface area contributed by atoms with Gasteiger partial charge in [-0.2, -0.15) is 0 Å². The molecule has 0 atom stereocenters. The van der Waals surface area contributed by atoms with Crippen LogP contribution in [-0.2, 0) is 0 Å². The number of hydrogen-bond donors (Lipinski definition) is 1. The molecule has 1 N–H and O–H groups in total. The Hall–Kier alpha value is -3.11. The molecule has 0 radical (unpaired) electrons. The molecule has 1 aromatic heterocycles. The highest BCUT2D eigenvalue weighted by Gasteiger charge is 2.20. The molecule has 0 fully saturated rings. The van der Waals surface area contributed by atoms with Crippen LogP contribution in [0.2, 0.25) is 5.02 Å². The summed E-state index contributed by atoms with van der Waals surface area (Å²) in [6, 6.07) is 17.7. The Bertz CT molecular complexity index is 1160. The number of hydrogen-bond acceptors (Lipinski definition) is 2. The van der Waals surface area contributed by atoms with Gasteiger partial charge in [0.15, 0.2) is 0 Å². The van der Waals surface area contributed by atoms with Crippen LogP contribution in [0.1, 0.15) is 20.7 Å². The first-order valence-corrected chi connectivity index (χ1v) is 8.01. The van der Waals surface area contributed by atoms with Gasteiger partial charge in [-0.1, -0.05) is 54.1 Å². The van der Waals surface area contributed by atoms with Crippen molar-refractivity contribution in [2.45, 2.75) is 0 Å². The summed E-state index contributed by atoms with van der Waals surface area (Å²) in [6.45, 7) is 0. The van der Waals surface area contributed by atoms with E-state index in [1.165, 1.54) is 10.8 Å². The SMILES string of the molecule is O=C(O)c1cn(C(=O)c2cccc3c(Cl)cccc23)c2ccccc12. The zero-order valence-corrected chi connectivity index (χ0v) is 13.7. The number of carboxylic acid groups (broad SMARTS) is 1. The predicted octanol–water partition coefficient (Wildman–Crippen LogP) is 4.83. The highest BCUT2D eigenvalue weighted by Crippen LogP contribution is 2.28. The molecule has 122 valence electrons.